The molecule has 1 rings (SSSR count). The summed E-state index contributed by atoms with van der Waals surface area (Å²) >= 11 is 0. The maximum atomic E-state index is 10.5. The molecule has 0 aliphatic carbocycles. The smallest absolute Gasteiger partial charge is 0.431 e. The summed E-state index contributed by atoms with van der Waals surface area (Å²) < 4.78 is 14.8. The fraction of sp³-hybridized carbons (Fsp3) is 0.875. The number of rotatable bonds is 1. The van der Waals surface area contributed by atoms with E-state index in [1.807, 2.05) is 20.8 Å². The highest BCUT2D eigenvalue weighted by Gasteiger charge is 2.25. The van der Waals surface area contributed by atoms with Crippen molar-refractivity contribution in [1.82, 2.24) is 0 Å². The van der Waals surface area contributed by atoms with Crippen molar-refractivity contribution in [2.24, 2.45) is 0 Å². The molecule has 1 aliphatic rings. The van der Waals surface area contributed by atoms with Gasteiger partial charge in [-0.15, -0.1) is 0 Å². The van der Waals surface area contributed by atoms with Crippen LogP contribution in [-0.4, -0.2) is 31.1 Å². The van der Waals surface area contributed by atoms with Gasteiger partial charge >= 0.3 is 6.16 Å². The second kappa shape index (κ2) is 3.31. The monoisotopic (exact) mass is 174 g/mol. The number of hydrogen-bond acceptors (Lipinski definition) is 4. The van der Waals surface area contributed by atoms with Crippen LogP contribution < -0.4 is 0 Å². The molecule has 0 radical (unpaired) electrons. The van der Waals surface area contributed by atoms with Gasteiger partial charge in [0.2, 0.25) is 0 Å². The molecule has 0 N–H and O–H groups in total. The van der Waals surface area contributed by atoms with E-state index in [1.54, 1.807) is 0 Å². The van der Waals surface area contributed by atoms with Gasteiger partial charge < -0.3 is 14.2 Å². The first-order valence-electron chi connectivity index (χ1n) is 3.95. The fourth-order valence-corrected chi connectivity index (χ4v) is 0.980. The van der Waals surface area contributed by atoms with E-state index in [0.29, 0.717) is 0 Å². The van der Waals surface area contributed by atoms with Crippen molar-refractivity contribution in [3.8, 4) is 0 Å². The van der Waals surface area contributed by atoms with Gasteiger partial charge in [0.05, 0.1) is 5.60 Å². The lowest BCUT2D eigenvalue weighted by Crippen LogP contribution is -2.39. The van der Waals surface area contributed by atoms with Crippen LogP contribution in [0.1, 0.15) is 20.8 Å². The highest BCUT2D eigenvalue weighted by Crippen LogP contribution is 2.13. The minimum Gasteiger partial charge on any atom is -0.431 e. The number of hydrogen-bond donors (Lipinski definition) is 0. The molecule has 0 bridgehead atoms. The second-order valence-electron chi connectivity index (χ2n) is 3.72. The molecule has 4 heteroatoms. The molecule has 1 saturated heterocycles. The molecule has 12 heavy (non-hydrogen) atoms. The zero-order valence-corrected chi connectivity index (χ0v) is 7.62. The highest BCUT2D eigenvalue weighted by atomic mass is 16.7. The Morgan fingerprint density at radius 1 is 1.33 bits per heavy atom. The van der Waals surface area contributed by atoms with Crippen LogP contribution in [0.15, 0.2) is 0 Å². The summed E-state index contributed by atoms with van der Waals surface area (Å²) in [5.74, 6) is 0. The summed E-state index contributed by atoms with van der Waals surface area (Å²) in [6.45, 7) is 6.42. The van der Waals surface area contributed by atoms with Gasteiger partial charge in [0.15, 0.2) is 0 Å². The maximum Gasteiger partial charge on any atom is 0.508 e. The molecule has 0 saturated carbocycles. The molecule has 0 atom stereocenters. The summed E-state index contributed by atoms with van der Waals surface area (Å²) in [5, 5.41) is 0. The normalized spacial score (nSPS) is 20.1. The Morgan fingerprint density at radius 2 is 1.83 bits per heavy atom. The molecule has 0 aromatic heterocycles. The topological polar surface area (TPSA) is 44.8 Å². The molecule has 1 fully saturated rings. The zero-order chi connectivity index (χ0) is 9.19. The largest absolute Gasteiger partial charge is 0.508 e. The first-order valence-corrected chi connectivity index (χ1v) is 3.95. The van der Waals surface area contributed by atoms with Gasteiger partial charge in [-0.1, -0.05) is 0 Å². The first kappa shape index (κ1) is 9.32. The Bertz CT molecular complexity index is 160. The Kier molecular flexibility index (Phi) is 2.57. The summed E-state index contributed by atoms with van der Waals surface area (Å²) in [6, 6.07) is 0. The van der Waals surface area contributed by atoms with Crippen molar-refractivity contribution < 1.29 is 19.0 Å². The molecule has 1 heterocycles. The Labute approximate surface area is 71.8 Å². The van der Waals surface area contributed by atoms with Gasteiger partial charge in [0.1, 0.15) is 19.3 Å². The standard InChI is InChI=1S/C8H14O4/c1-8(2,3)12-6-4-10-7(9)11-5-6/h6H,4-5H2,1-3H3. The number of cyclic esters (lactones) is 2. The quantitative estimate of drug-likeness (QED) is 0.563. The van der Waals surface area contributed by atoms with E-state index in [-0.39, 0.29) is 24.9 Å². The van der Waals surface area contributed by atoms with E-state index in [4.69, 9.17) is 4.74 Å². The third-order valence-electron chi connectivity index (χ3n) is 1.29. The van der Waals surface area contributed by atoms with E-state index in [9.17, 15) is 4.79 Å². The van der Waals surface area contributed by atoms with Gasteiger partial charge in [0.25, 0.3) is 0 Å². The van der Waals surface area contributed by atoms with Crippen molar-refractivity contribution in [2.75, 3.05) is 13.2 Å². The van der Waals surface area contributed by atoms with Gasteiger partial charge in [0, 0.05) is 0 Å². The average Bonchev–Trinajstić information content (AvgIpc) is 1.91. The third-order valence-corrected chi connectivity index (χ3v) is 1.29. The van der Waals surface area contributed by atoms with Crippen molar-refractivity contribution in [3.63, 3.8) is 0 Å². The van der Waals surface area contributed by atoms with Gasteiger partial charge in [-0.3, -0.25) is 0 Å². The van der Waals surface area contributed by atoms with Crippen LogP contribution in [0.3, 0.4) is 0 Å². The van der Waals surface area contributed by atoms with E-state index < -0.39 is 6.16 Å². The Morgan fingerprint density at radius 3 is 2.25 bits per heavy atom. The molecule has 4 nitrogen and oxygen atoms in total. The number of carbonyl (C=O) groups excluding carboxylic acids is 1. The molecular formula is C8H14O4. The summed E-state index contributed by atoms with van der Waals surface area (Å²) in [5.41, 5.74) is -0.224. The van der Waals surface area contributed by atoms with Crippen LogP contribution in [0.2, 0.25) is 0 Å². The average molecular weight is 174 g/mol. The molecule has 0 unspecified atom stereocenters. The van der Waals surface area contributed by atoms with Gasteiger partial charge in [-0.25, -0.2) is 4.79 Å². The second-order valence-corrected chi connectivity index (χ2v) is 3.72. The van der Waals surface area contributed by atoms with Crippen LogP contribution in [-0.2, 0) is 14.2 Å². The minimum atomic E-state index is -0.608. The first-order chi connectivity index (χ1) is 5.47. The molecule has 70 valence electrons. The summed E-state index contributed by atoms with van der Waals surface area (Å²) in [6.07, 6.45) is -0.744. The molecule has 0 aromatic carbocycles. The summed E-state index contributed by atoms with van der Waals surface area (Å²) in [4.78, 5) is 10.5. The van der Waals surface area contributed by atoms with Gasteiger partial charge in [-0.05, 0) is 20.8 Å². The number of ether oxygens (including phenoxy) is 3. The van der Waals surface area contributed by atoms with E-state index in [1.165, 1.54) is 0 Å². The lowest BCUT2D eigenvalue weighted by Gasteiger charge is -2.29. The van der Waals surface area contributed by atoms with Crippen molar-refractivity contribution in [1.29, 1.82) is 0 Å². The molecular weight excluding hydrogens is 160 g/mol. The van der Waals surface area contributed by atoms with Crippen molar-refractivity contribution in [3.05, 3.63) is 0 Å². The van der Waals surface area contributed by atoms with Crippen LogP contribution in [0.5, 0.6) is 0 Å². The van der Waals surface area contributed by atoms with E-state index >= 15 is 0 Å². The Balaban J connectivity index is 2.31. The lowest BCUT2D eigenvalue weighted by molar-refractivity contribution is -0.133. The SMILES string of the molecule is CC(C)(C)OC1COC(=O)OC1. The minimum absolute atomic E-state index is 0.136. The zero-order valence-electron chi connectivity index (χ0n) is 7.62. The highest BCUT2D eigenvalue weighted by molar-refractivity contribution is 5.60. The lowest BCUT2D eigenvalue weighted by atomic mass is 10.2. The molecule has 1 aliphatic heterocycles. The van der Waals surface area contributed by atoms with E-state index in [0.717, 1.165) is 0 Å². The molecule has 0 spiro atoms. The van der Waals surface area contributed by atoms with Crippen LogP contribution in [0.4, 0.5) is 4.79 Å². The predicted octanol–water partition coefficient (Wildman–Crippen LogP) is 1.34. The number of carbonyl (C=O) groups is 1. The van der Waals surface area contributed by atoms with E-state index in [2.05, 4.69) is 9.47 Å². The Hall–Kier alpha value is -0.770. The van der Waals surface area contributed by atoms with Crippen molar-refractivity contribution >= 4 is 6.16 Å². The molecule has 0 amide bonds. The predicted molar refractivity (Wildman–Crippen MR) is 41.9 cm³/mol. The van der Waals surface area contributed by atoms with Gasteiger partial charge in [-0.2, -0.15) is 0 Å². The maximum absolute atomic E-state index is 10.5. The fourth-order valence-electron chi connectivity index (χ4n) is 0.980. The van der Waals surface area contributed by atoms with Crippen LogP contribution in [0, 0.1) is 0 Å². The molecule has 0 aromatic rings. The third kappa shape index (κ3) is 3.09. The van der Waals surface area contributed by atoms with Crippen molar-refractivity contribution in [2.45, 2.75) is 32.5 Å². The van der Waals surface area contributed by atoms with Crippen LogP contribution in [0.25, 0.3) is 0 Å². The van der Waals surface area contributed by atoms with Crippen LogP contribution >= 0.6 is 0 Å². The summed E-state index contributed by atoms with van der Waals surface area (Å²) in [7, 11) is 0.